The lowest BCUT2D eigenvalue weighted by Gasteiger charge is -2.12. The topological polar surface area (TPSA) is 114 Å². The van der Waals surface area contributed by atoms with Crippen LogP contribution in [0.15, 0.2) is 53.0 Å². The van der Waals surface area contributed by atoms with E-state index in [2.05, 4.69) is 31.2 Å². The Hall–Kier alpha value is -2.62. The van der Waals surface area contributed by atoms with Gasteiger partial charge in [-0.2, -0.15) is 4.98 Å². The van der Waals surface area contributed by atoms with E-state index in [-0.39, 0.29) is 5.95 Å². The fourth-order valence-electron chi connectivity index (χ4n) is 2.43. The third-order valence-electron chi connectivity index (χ3n) is 3.66. The minimum Gasteiger partial charge on any atom is -0.496 e. The fourth-order valence-corrected chi connectivity index (χ4v) is 2.80. The number of hydrogen-bond donors (Lipinski definition) is 4. The van der Waals surface area contributed by atoms with Crippen LogP contribution in [0.2, 0.25) is 0 Å². The van der Waals surface area contributed by atoms with E-state index in [0.29, 0.717) is 22.7 Å². The molecule has 132 valence electrons. The SMILES string of the molecule is COc1ccc(Br)cc1-c1cc(Nc2ccc(B(O)O)cc2)nc(N)n1. The number of nitrogens with zero attached hydrogens (tertiary/aromatic N) is 2. The van der Waals surface area contributed by atoms with Gasteiger partial charge in [-0.1, -0.05) is 28.1 Å². The summed E-state index contributed by atoms with van der Waals surface area (Å²) in [7, 11) is 0.0856. The lowest BCUT2D eigenvalue weighted by atomic mass is 9.80. The summed E-state index contributed by atoms with van der Waals surface area (Å²) in [5.74, 6) is 1.29. The van der Waals surface area contributed by atoms with Crippen LogP contribution in [-0.4, -0.2) is 34.2 Å². The Morgan fingerprint density at radius 3 is 2.46 bits per heavy atom. The summed E-state index contributed by atoms with van der Waals surface area (Å²) in [4.78, 5) is 8.49. The molecule has 0 fully saturated rings. The van der Waals surface area contributed by atoms with Gasteiger partial charge in [0.2, 0.25) is 5.95 Å². The van der Waals surface area contributed by atoms with Crippen molar-refractivity contribution >= 4 is 46.0 Å². The Labute approximate surface area is 159 Å². The zero-order valence-corrected chi connectivity index (χ0v) is 15.4. The van der Waals surface area contributed by atoms with Crippen molar-refractivity contribution < 1.29 is 14.8 Å². The largest absolute Gasteiger partial charge is 0.496 e. The number of methoxy groups -OCH3 is 1. The molecule has 0 unspecified atom stereocenters. The van der Waals surface area contributed by atoms with Gasteiger partial charge < -0.3 is 25.8 Å². The summed E-state index contributed by atoms with van der Waals surface area (Å²) >= 11 is 3.45. The minimum absolute atomic E-state index is 0.120. The van der Waals surface area contributed by atoms with Crippen LogP contribution in [0.3, 0.4) is 0 Å². The van der Waals surface area contributed by atoms with Crippen molar-refractivity contribution in [1.82, 2.24) is 9.97 Å². The van der Waals surface area contributed by atoms with Crippen LogP contribution >= 0.6 is 15.9 Å². The van der Waals surface area contributed by atoms with Crippen LogP contribution in [0.5, 0.6) is 5.75 Å². The third kappa shape index (κ3) is 4.13. The molecule has 0 bridgehead atoms. The first-order chi connectivity index (χ1) is 12.5. The van der Waals surface area contributed by atoms with Crippen molar-refractivity contribution in [1.29, 1.82) is 0 Å². The Balaban J connectivity index is 1.94. The molecular weight excluding hydrogens is 399 g/mol. The summed E-state index contributed by atoms with van der Waals surface area (Å²) in [6.45, 7) is 0. The number of nitrogen functional groups attached to an aromatic ring is 1. The predicted octanol–water partition coefficient (Wildman–Crippen LogP) is 1.92. The van der Waals surface area contributed by atoms with E-state index in [1.165, 1.54) is 0 Å². The minimum atomic E-state index is -1.51. The molecular formula is C17H16BBrN4O3. The lowest BCUT2D eigenvalue weighted by Crippen LogP contribution is -2.29. The average molecular weight is 415 g/mol. The molecule has 0 saturated carbocycles. The number of benzene rings is 2. The Morgan fingerprint density at radius 1 is 1.08 bits per heavy atom. The molecule has 0 spiro atoms. The van der Waals surface area contributed by atoms with Crippen molar-refractivity contribution in [3.05, 3.63) is 53.0 Å². The first-order valence-electron chi connectivity index (χ1n) is 7.68. The predicted molar refractivity (Wildman–Crippen MR) is 106 cm³/mol. The second-order valence-corrected chi connectivity index (χ2v) is 6.38. The molecule has 0 aliphatic heterocycles. The van der Waals surface area contributed by atoms with Crippen LogP contribution in [0.4, 0.5) is 17.5 Å². The van der Waals surface area contributed by atoms with E-state index in [4.69, 9.17) is 20.5 Å². The Morgan fingerprint density at radius 2 is 1.81 bits per heavy atom. The number of nitrogens with two attached hydrogens (primary N) is 1. The molecule has 0 saturated heterocycles. The monoisotopic (exact) mass is 414 g/mol. The van der Waals surface area contributed by atoms with Gasteiger partial charge in [-0.3, -0.25) is 0 Å². The van der Waals surface area contributed by atoms with E-state index in [9.17, 15) is 0 Å². The maximum Gasteiger partial charge on any atom is 0.488 e. The second kappa shape index (κ2) is 7.73. The smallest absolute Gasteiger partial charge is 0.488 e. The molecule has 3 aromatic rings. The first kappa shape index (κ1) is 18.2. The Bertz CT molecular complexity index is 922. The van der Waals surface area contributed by atoms with Gasteiger partial charge in [-0.15, -0.1) is 0 Å². The van der Waals surface area contributed by atoms with Crippen LogP contribution in [-0.2, 0) is 0 Å². The molecule has 0 radical (unpaired) electrons. The summed E-state index contributed by atoms with van der Waals surface area (Å²) in [5, 5.41) is 21.4. The molecule has 26 heavy (non-hydrogen) atoms. The number of rotatable bonds is 5. The summed E-state index contributed by atoms with van der Waals surface area (Å²) in [6, 6.07) is 14.0. The number of aromatic nitrogens is 2. The van der Waals surface area contributed by atoms with Crippen LogP contribution in [0, 0.1) is 0 Å². The molecule has 7 nitrogen and oxygen atoms in total. The van der Waals surface area contributed by atoms with Gasteiger partial charge in [0.15, 0.2) is 0 Å². The molecule has 3 rings (SSSR count). The number of nitrogens with one attached hydrogen (secondary N) is 1. The van der Waals surface area contributed by atoms with E-state index >= 15 is 0 Å². The van der Waals surface area contributed by atoms with Crippen molar-refractivity contribution in [2.45, 2.75) is 0 Å². The lowest BCUT2D eigenvalue weighted by molar-refractivity contribution is 0.416. The van der Waals surface area contributed by atoms with E-state index in [1.807, 2.05) is 18.2 Å². The maximum atomic E-state index is 9.16. The highest BCUT2D eigenvalue weighted by molar-refractivity contribution is 9.10. The summed E-state index contributed by atoms with van der Waals surface area (Å²) in [6.07, 6.45) is 0. The number of ether oxygens (including phenoxy) is 1. The molecule has 9 heteroatoms. The number of anilines is 3. The second-order valence-electron chi connectivity index (χ2n) is 5.46. The summed E-state index contributed by atoms with van der Waals surface area (Å²) in [5.41, 5.74) is 8.37. The Kier molecular flexibility index (Phi) is 5.41. The van der Waals surface area contributed by atoms with Crippen molar-refractivity contribution in [3.63, 3.8) is 0 Å². The van der Waals surface area contributed by atoms with Crippen LogP contribution in [0.1, 0.15) is 0 Å². The maximum absolute atomic E-state index is 9.16. The molecule has 2 aromatic carbocycles. The normalized spacial score (nSPS) is 10.5. The fraction of sp³-hybridized carbons (Fsp3) is 0.0588. The summed E-state index contributed by atoms with van der Waals surface area (Å²) < 4.78 is 6.29. The van der Waals surface area contributed by atoms with E-state index in [0.717, 1.165) is 15.7 Å². The zero-order valence-electron chi connectivity index (χ0n) is 13.8. The molecule has 0 amide bonds. The van der Waals surface area contributed by atoms with Crippen molar-refractivity contribution in [2.24, 2.45) is 0 Å². The van der Waals surface area contributed by atoms with Gasteiger partial charge in [-0.25, -0.2) is 4.98 Å². The van der Waals surface area contributed by atoms with Crippen molar-refractivity contribution in [3.8, 4) is 17.0 Å². The number of hydrogen-bond acceptors (Lipinski definition) is 7. The van der Waals surface area contributed by atoms with Crippen LogP contribution < -0.4 is 21.3 Å². The molecule has 0 aliphatic rings. The van der Waals surface area contributed by atoms with Gasteiger partial charge >= 0.3 is 7.12 Å². The molecule has 5 N–H and O–H groups in total. The zero-order chi connectivity index (χ0) is 18.7. The quantitative estimate of drug-likeness (QED) is 0.471. The van der Waals surface area contributed by atoms with Crippen molar-refractivity contribution in [2.75, 3.05) is 18.2 Å². The first-order valence-corrected chi connectivity index (χ1v) is 8.47. The van der Waals surface area contributed by atoms with Crippen LogP contribution in [0.25, 0.3) is 11.3 Å². The van der Waals surface area contributed by atoms with Gasteiger partial charge in [0.05, 0.1) is 12.8 Å². The molecule has 0 aliphatic carbocycles. The number of halogens is 1. The third-order valence-corrected chi connectivity index (χ3v) is 4.16. The molecule has 1 heterocycles. The van der Waals surface area contributed by atoms with Gasteiger partial charge in [0.25, 0.3) is 0 Å². The molecule has 1 aromatic heterocycles. The van der Waals surface area contributed by atoms with Gasteiger partial charge in [0.1, 0.15) is 11.6 Å². The molecule has 0 atom stereocenters. The average Bonchev–Trinajstić information content (AvgIpc) is 2.61. The highest BCUT2D eigenvalue weighted by Gasteiger charge is 2.12. The highest BCUT2D eigenvalue weighted by atomic mass is 79.9. The highest BCUT2D eigenvalue weighted by Crippen LogP contribution is 2.33. The van der Waals surface area contributed by atoms with E-state index in [1.54, 1.807) is 37.4 Å². The van der Waals surface area contributed by atoms with Gasteiger partial charge in [0, 0.05) is 21.8 Å². The van der Waals surface area contributed by atoms with Gasteiger partial charge in [-0.05, 0) is 35.8 Å². The standard InChI is InChI=1S/C17H16BBrN4O3/c1-26-15-7-4-11(19)8-13(15)14-9-16(23-17(20)22-14)21-12-5-2-10(3-6-12)18(24)25/h2-9,24-25H,1H3,(H3,20,21,22,23). The van der Waals surface area contributed by atoms with E-state index < -0.39 is 7.12 Å².